The van der Waals surface area contributed by atoms with Crippen molar-refractivity contribution in [1.82, 2.24) is 4.90 Å². The zero-order valence-corrected chi connectivity index (χ0v) is 10.9. The lowest BCUT2D eigenvalue weighted by Crippen LogP contribution is -2.57. The number of β-amino-alcohol motifs (C(OH)–C–C–N with tert-alkyl or cyclic N) is 1. The van der Waals surface area contributed by atoms with E-state index in [0.29, 0.717) is 30.3 Å². The van der Waals surface area contributed by atoms with Crippen LogP contribution in [-0.4, -0.2) is 41.2 Å². The fraction of sp³-hybridized carbons (Fsp3) is 0.462. The van der Waals surface area contributed by atoms with Gasteiger partial charge in [0.1, 0.15) is 5.75 Å². The lowest BCUT2D eigenvalue weighted by atomic mass is 10.1. The molecule has 5 heteroatoms. The summed E-state index contributed by atoms with van der Waals surface area (Å²) in [6.45, 7) is 2.66. The van der Waals surface area contributed by atoms with E-state index >= 15 is 0 Å². The number of benzene rings is 1. The maximum absolute atomic E-state index is 12.1. The highest BCUT2D eigenvalue weighted by atomic mass is 35.5. The first kappa shape index (κ1) is 13.2. The van der Waals surface area contributed by atoms with Crippen molar-refractivity contribution in [3.05, 3.63) is 29.3 Å². The van der Waals surface area contributed by atoms with Crippen LogP contribution >= 0.6 is 11.6 Å². The molecule has 18 heavy (non-hydrogen) atoms. The van der Waals surface area contributed by atoms with E-state index in [1.165, 1.54) is 0 Å². The molecule has 4 nitrogen and oxygen atoms in total. The molecule has 1 heterocycles. The molecule has 98 valence electrons. The van der Waals surface area contributed by atoms with E-state index in [0.717, 1.165) is 0 Å². The van der Waals surface area contributed by atoms with Gasteiger partial charge in [0.2, 0.25) is 0 Å². The first-order chi connectivity index (χ1) is 8.61. The van der Waals surface area contributed by atoms with Gasteiger partial charge in [-0.15, -0.1) is 0 Å². The van der Waals surface area contributed by atoms with Crippen molar-refractivity contribution in [3.8, 4) is 5.75 Å². The number of carbonyl (C=O) groups excluding carboxylic acids is 1. The van der Waals surface area contributed by atoms with Crippen LogP contribution in [0.5, 0.6) is 5.75 Å². The Morgan fingerprint density at radius 2 is 2.22 bits per heavy atom. The van der Waals surface area contributed by atoms with Gasteiger partial charge < -0.3 is 14.7 Å². The van der Waals surface area contributed by atoms with E-state index in [2.05, 4.69) is 0 Å². The Morgan fingerprint density at radius 3 is 2.78 bits per heavy atom. The lowest BCUT2D eigenvalue weighted by Gasteiger charge is -2.37. The molecule has 1 aliphatic rings. The monoisotopic (exact) mass is 269 g/mol. The zero-order valence-electron chi connectivity index (χ0n) is 10.2. The van der Waals surface area contributed by atoms with Crippen molar-refractivity contribution in [1.29, 1.82) is 0 Å². The van der Waals surface area contributed by atoms with E-state index in [1.54, 1.807) is 17.0 Å². The second-order valence-electron chi connectivity index (χ2n) is 4.34. The molecular weight excluding hydrogens is 254 g/mol. The van der Waals surface area contributed by atoms with E-state index in [9.17, 15) is 9.90 Å². The number of aliphatic hydroxyl groups is 1. The third-order valence-corrected chi connectivity index (χ3v) is 3.24. The number of para-hydroxylation sites is 1. The maximum atomic E-state index is 12.1. The number of halogens is 1. The van der Waals surface area contributed by atoms with E-state index in [-0.39, 0.29) is 5.91 Å². The summed E-state index contributed by atoms with van der Waals surface area (Å²) in [5, 5.41) is 9.69. The average Bonchev–Trinajstić information content (AvgIpc) is 2.33. The number of carbonyl (C=O) groups is 1. The minimum atomic E-state index is -0.544. The Morgan fingerprint density at radius 1 is 1.56 bits per heavy atom. The molecule has 0 spiro atoms. The highest BCUT2D eigenvalue weighted by Crippen LogP contribution is 2.25. The number of aliphatic hydroxyl groups excluding tert-OH is 1. The molecule has 0 saturated carbocycles. The molecule has 0 aliphatic carbocycles. The molecule has 1 fully saturated rings. The predicted molar refractivity (Wildman–Crippen MR) is 68.7 cm³/mol. The number of hydrogen-bond donors (Lipinski definition) is 1. The summed E-state index contributed by atoms with van der Waals surface area (Å²) in [5.41, 5.74) is 0. The fourth-order valence-electron chi connectivity index (χ4n) is 1.84. The van der Waals surface area contributed by atoms with Crippen molar-refractivity contribution in [3.63, 3.8) is 0 Å². The van der Waals surface area contributed by atoms with Crippen LogP contribution in [0.3, 0.4) is 0 Å². The van der Waals surface area contributed by atoms with Gasteiger partial charge in [-0.25, -0.2) is 0 Å². The zero-order chi connectivity index (χ0) is 13.1. The smallest absolute Gasteiger partial charge is 0.263 e. The predicted octanol–water partition coefficient (Wildman–Crippen LogP) is 1.70. The van der Waals surface area contributed by atoms with Crippen molar-refractivity contribution in [2.45, 2.75) is 25.6 Å². The Balaban J connectivity index is 2.01. The van der Waals surface area contributed by atoms with E-state index in [1.807, 2.05) is 19.1 Å². The molecule has 1 amide bonds. The maximum Gasteiger partial charge on any atom is 0.263 e. The highest BCUT2D eigenvalue weighted by Gasteiger charge is 2.33. The molecule has 1 aromatic carbocycles. The Kier molecular flexibility index (Phi) is 4.09. The molecule has 1 N–H and O–H groups in total. The molecule has 1 saturated heterocycles. The lowest BCUT2D eigenvalue weighted by molar-refractivity contribution is -0.149. The summed E-state index contributed by atoms with van der Waals surface area (Å²) in [6.07, 6.45) is -0.374. The van der Waals surface area contributed by atoms with Crippen LogP contribution in [0.2, 0.25) is 5.02 Å². The normalized spacial score (nSPS) is 17.2. The van der Waals surface area contributed by atoms with Crippen LogP contribution in [0.15, 0.2) is 24.3 Å². The summed E-state index contributed by atoms with van der Waals surface area (Å²) in [5.74, 6) is 0.420. The standard InChI is InChI=1S/C13H16ClNO3/c1-2-11(13(17)15-7-9(16)8-15)18-12-6-4-3-5-10(12)14/h3-6,9,11,16H,2,7-8H2,1H3. The third-order valence-electron chi connectivity index (χ3n) is 2.93. The van der Waals surface area contributed by atoms with Crippen molar-refractivity contribution >= 4 is 17.5 Å². The topological polar surface area (TPSA) is 49.8 Å². The molecule has 1 unspecified atom stereocenters. The molecular formula is C13H16ClNO3. The SMILES string of the molecule is CCC(Oc1ccccc1Cl)C(=O)N1CC(O)C1. The van der Waals surface area contributed by atoms with Gasteiger partial charge in [-0.2, -0.15) is 0 Å². The van der Waals surface area contributed by atoms with E-state index < -0.39 is 12.2 Å². The molecule has 0 aromatic heterocycles. The van der Waals surface area contributed by atoms with Gasteiger partial charge in [-0.1, -0.05) is 30.7 Å². The number of rotatable bonds is 4. The van der Waals surface area contributed by atoms with Crippen LogP contribution in [0.25, 0.3) is 0 Å². The number of ether oxygens (including phenoxy) is 1. The number of likely N-dealkylation sites (tertiary alicyclic amines) is 1. The van der Waals surface area contributed by atoms with Gasteiger partial charge in [0.25, 0.3) is 5.91 Å². The molecule has 2 rings (SSSR count). The molecule has 1 atom stereocenters. The Bertz CT molecular complexity index is 432. The van der Waals surface area contributed by atoms with Crippen LogP contribution in [-0.2, 0) is 4.79 Å². The molecule has 0 bridgehead atoms. The van der Waals surface area contributed by atoms with Gasteiger partial charge in [0, 0.05) is 13.1 Å². The minimum Gasteiger partial charge on any atom is -0.479 e. The van der Waals surface area contributed by atoms with Crippen LogP contribution in [0.1, 0.15) is 13.3 Å². The minimum absolute atomic E-state index is 0.0947. The van der Waals surface area contributed by atoms with Gasteiger partial charge in [0.15, 0.2) is 6.10 Å². The first-order valence-corrected chi connectivity index (χ1v) is 6.37. The van der Waals surface area contributed by atoms with Crippen molar-refractivity contribution in [2.24, 2.45) is 0 Å². The molecule has 1 aromatic rings. The second kappa shape index (κ2) is 5.59. The number of amides is 1. The number of nitrogens with zero attached hydrogens (tertiary/aromatic N) is 1. The summed E-state index contributed by atoms with van der Waals surface area (Å²) in [7, 11) is 0. The number of hydrogen-bond acceptors (Lipinski definition) is 3. The second-order valence-corrected chi connectivity index (χ2v) is 4.75. The quantitative estimate of drug-likeness (QED) is 0.905. The summed E-state index contributed by atoms with van der Waals surface area (Å²) in [6, 6.07) is 7.08. The summed E-state index contributed by atoms with van der Waals surface area (Å²) >= 11 is 5.99. The highest BCUT2D eigenvalue weighted by molar-refractivity contribution is 6.32. The van der Waals surface area contributed by atoms with Crippen molar-refractivity contribution < 1.29 is 14.6 Å². The first-order valence-electron chi connectivity index (χ1n) is 6.00. The Hall–Kier alpha value is -1.26. The van der Waals surface area contributed by atoms with Crippen molar-refractivity contribution in [2.75, 3.05) is 13.1 Å². The molecule has 1 aliphatic heterocycles. The largest absolute Gasteiger partial charge is 0.479 e. The van der Waals surface area contributed by atoms with Gasteiger partial charge in [-0.3, -0.25) is 4.79 Å². The van der Waals surface area contributed by atoms with Gasteiger partial charge in [0.05, 0.1) is 11.1 Å². The fourth-order valence-corrected chi connectivity index (χ4v) is 2.02. The third kappa shape index (κ3) is 2.76. The summed E-state index contributed by atoms with van der Waals surface area (Å²) < 4.78 is 5.64. The summed E-state index contributed by atoms with van der Waals surface area (Å²) in [4.78, 5) is 13.7. The average molecular weight is 270 g/mol. The van der Waals surface area contributed by atoms with Gasteiger partial charge in [-0.05, 0) is 18.6 Å². The van der Waals surface area contributed by atoms with Crippen LogP contribution < -0.4 is 4.74 Å². The van der Waals surface area contributed by atoms with Crippen LogP contribution in [0, 0.1) is 0 Å². The Labute approximate surface area is 111 Å². The van der Waals surface area contributed by atoms with Crippen LogP contribution in [0.4, 0.5) is 0 Å². The van der Waals surface area contributed by atoms with E-state index in [4.69, 9.17) is 16.3 Å². The van der Waals surface area contributed by atoms with Gasteiger partial charge >= 0.3 is 0 Å². The molecule has 0 radical (unpaired) electrons.